The Hall–Kier alpha value is -1.24. The third kappa shape index (κ3) is 3.02. The zero-order valence-electron chi connectivity index (χ0n) is 11.3. The first-order valence-electron chi connectivity index (χ1n) is 6.86. The third-order valence-corrected chi connectivity index (χ3v) is 4.30. The van der Waals surface area contributed by atoms with Crippen molar-refractivity contribution in [1.29, 1.82) is 5.26 Å². The highest BCUT2D eigenvalue weighted by atomic mass is 35.5. The summed E-state index contributed by atoms with van der Waals surface area (Å²) in [5.41, 5.74) is 7.53. The molecule has 0 radical (unpaired) electrons. The Bertz CT molecular complexity index is 481. The second-order valence-electron chi connectivity index (χ2n) is 5.15. The fraction of sp³-hybridized carbons (Fsp3) is 0.533. The normalized spacial score (nSPS) is 23.2. The van der Waals surface area contributed by atoms with Gasteiger partial charge < -0.3 is 10.6 Å². The van der Waals surface area contributed by atoms with E-state index < -0.39 is 0 Å². The van der Waals surface area contributed by atoms with E-state index in [2.05, 4.69) is 17.9 Å². The summed E-state index contributed by atoms with van der Waals surface area (Å²) in [6.45, 7) is 3.80. The van der Waals surface area contributed by atoms with Gasteiger partial charge in [-0.05, 0) is 37.0 Å². The van der Waals surface area contributed by atoms with Crippen molar-refractivity contribution >= 4 is 17.3 Å². The molecule has 2 rings (SSSR count). The predicted molar refractivity (Wildman–Crippen MR) is 79.4 cm³/mol. The van der Waals surface area contributed by atoms with Crippen LogP contribution in [-0.4, -0.2) is 19.1 Å². The fourth-order valence-corrected chi connectivity index (χ4v) is 3.05. The van der Waals surface area contributed by atoms with Gasteiger partial charge in [-0.25, -0.2) is 0 Å². The number of rotatable bonds is 3. The maximum Gasteiger partial charge on any atom is 0.101 e. The lowest BCUT2D eigenvalue weighted by Gasteiger charge is -2.40. The quantitative estimate of drug-likeness (QED) is 0.923. The van der Waals surface area contributed by atoms with Crippen LogP contribution in [0.1, 0.15) is 31.7 Å². The number of piperidine rings is 1. The zero-order chi connectivity index (χ0) is 13.8. The van der Waals surface area contributed by atoms with Crippen LogP contribution in [0.15, 0.2) is 18.2 Å². The van der Waals surface area contributed by atoms with Gasteiger partial charge in [0.25, 0.3) is 0 Å². The van der Waals surface area contributed by atoms with Crippen molar-refractivity contribution < 1.29 is 0 Å². The predicted octanol–water partition coefficient (Wildman–Crippen LogP) is 3.17. The van der Waals surface area contributed by atoms with E-state index in [4.69, 9.17) is 17.3 Å². The molecule has 1 aliphatic rings. The van der Waals surface area contributed by atoms with Crippen LogP contribution in [0.5, 0.6) is 0 Å². The Balaban J connectivity index is 2.30. The summed E-state index contributed by atoms with van der Waals surface area (Å²) in [5.74, 6) is 0.745. The monoisotopic (exact) mass is 277 g/mol. The van der Waals surface area contributed by atoms with Crippen LogP contribution < -0.4 is 10.6 Å². The molecule has 0 spiro atoms. The SMILES string of the molecule is CCC1CCN(c2cc(Cl)ccc2C#N)C(CN)C1. The van der Waals surface area contributed by atoms with E-state index in [9.17, 15) is 5.26 Å². The molecule has 102 valence electrons. The van der Waals surface area contributed by atoms with E-state index in [1.54, 1.807) is 12.1 Å². The summed E-state index contributed by atoms with van der Waals surface area (Å²) in [4.78, 5) is 2.26. The van der Waals surface area contributed by atoms with Gasteiger partial charge in [0.05, 0.1) is 11.3 Å². The Morgan fingerprint density at radius 1 is 1.53 bits per heavy atom. The van der Waals surface area contributed by atoms with Gasteiger partial charge in [-0.1, -0.05) is 24.9 Å². The average Bonchev–Trinajstić information content (AvgIpc) is 2.46. The van der Waals surface area contributed by atoms with Gasteiger partial charge in [0.2, 0.25) is 0 Å². The average molecular weight is 278 g/mol. The van der Waals surface area contributed by atoms with Gasteiger partial charge in [0, 0.05) is 24.2 Å². The molecule has 1 aliphatic heterocycles. The minimum atomic E-state index is 0.310. The van der Waals surface area contributed by atoms with Crippen molar-refractivity contribution in [2.75, 3.05) is 18.0 Å². The van der Waals surface area contributed by atoms with Gasteiger partial charge in [0.1, 0.15) is 6.07 Å². The standard InChI is InChI=1S/C15H20ClN3/c1-2-11-5-6-19(14(7-11)10-18)15-8-13(16)4-3-12(15)9-17/h3-4,8,11,14H,2,5-7,10,18H2,1H3. The molecule has 0 aliphatic carbocycles. The number of benzene rings is 1. The van der Waals surface area contributed by atoms with Gasteiger partial charge in [0.15, 0.2) is 0 Å². The van der Waals surface area contributed by atoms with Crippen molar-refractivity contribution in [2.24, 2.45) is 11.7 Å². The molecular formula is C15H20ClN3. The summed E-state index contributed by atoms with van der Waals surface area (Å²) < 4.78 is 0. The first-order valence-corrected chi connectivity index (χ1v) is 7.23. The van der Waals surface area contributed by atoms with E-state index in [-0.39, 0.29) is 0 Å². The molecule has 4 heteroatoms. The van der Waals surface area contributed by atoms with E-state index in [0.717, 1.165) is 31.0 Å². The van der Waals surface area contributed by atoms with E-state index in [0.29, 0.717) is 23.2 Å². The third-order valence-electron chi connectivity index (χ3n) is 4.06. The highest BCUT2D eigenvalue weighted by molar-refractivity contribution is 6.30. The lowest BCUT2D eigenvalue weighted by molar-refractivity contribution is 0.336. The summed E-state index contributed by atoms with van der Waals surface area (Å²) >= 11 is 6.07. The molecule has 0 aromatic heterocycles. The highest BCUT2D eigenvalue weighted by Crippen LogP contribution is 2.32. The minimum Gasteiger partial charge on any atom is -0.366 e. The number of hydrogen-bond donors (Lipinski definition) is 1. The highest BCUT2D eigenvalue weighted by Gasteiger charge is 2.28. The molecule has 0 saturated carbocycles. The van der Waals surface area contributed by atoms with E-state index in [1.165, 1.54) is 6.42 Å². The first kappa shape index (κ1) is 14.2. The molecule has 2 unspecified atom stereocenters. The molecule has 1 heterocycles. The minimum absolute atomic E-state index is 0.310. The van der Waals surface area contributed by atoms with Crippen molar-refractivity contribution in [3.05, 3.63) is 28.8 Å². The summed E-state index contributed by atoms with van der Waals surface area (Å²) in [7, 11) is 0. The molecule has 2 atom stereocenters. The summed E-state index contributed by atoms with van der Waals surface area (Å²) in [6, 6.07) is 7.99. The smallest absolute Gasteiger partial charge is 0.101 e. The Morgan fingerprint density at radius 2 is 2.32 bits per heavy atom. The number of nitriles is 1. The largest absolute Gasteiger partial charge is 0.366 e. The van der Waals surface area contributed by atoms with Crippen LogP contribution in [0.2, 0.25) is 5.02 Å². The maximum absolute atomic E-state index is 9.25. The molecule has 0 bridgehead atoms. The molecule has 1 aromatic rings. The molecule has 1 aromatic carbocycles. The number of nitrogens with two attached hydrogens (primary N) is 1. The van der Waals surface area contributed by atoms with Crippen molar-refractivity contribution in [3.63, 3.8) is 0 Å². The van der Waals surface area contributed by atoms with E-state index >= 15 is 0 Å². The second kappa shape index (κ2) is 6.27. The number of halogens is 1. The van der Waals surface area contributed by atoms with Crippen molar-refractivity contribution in [3.8, 4) is 6.07 Å². The Labute approximate surface area is 120 Å². The molecule has 19 heavy (non-hydrogen) atoms. The molecular weight excluding hydrogens is 258 g/mol. The summed E-state index contributed by atoms with van der Waals surface area (Å²) in [6.07, 6.45) is 3.46. The molecule has 2 N–H and O–H groups in total. The second-order valence-corrected chi connectivity index (χ2v) is 5.59. The van der Waals surface area contributed by atoms with Crippen LogP contribution in [0.3, 0.4) is 0 Å². The lowest BCUT2D eigenvalue weighted by Crippen LogP contribution is -2.47. The first-order chi connectivity index (χ1) is 9.19. The van der Waals surface area contributed by atoms with Gasteiger partial charge in [-0.15, -0.1) is 0 Å². The van der Waals surface area contributed by atoms with Crippen LogP contribution >= 0.6 is 11.6 Å². The van der Waals surface area contributed by atoms with Crippen molar-refractivity contribution in [2.45, 2.75) is 32.2 Å². The Morgan fingerprint density at radius 3 is 2.95 bits per heavy atom. The number of anilines is 1. The van der Waals surface area contributed by atoms with Crippen LogP contribution in [0.4, 0.5) is 5.69 Å². The Kier molecular flexibility index (Phi) is 4.68. The van der Waals surface area contributed by atoms with Gasteiger partial charge in [-0.2, -0.15) is 5.26 Å². The lowest BCUT2D eigenvalue weighted by atomic mass is 9.88. The molecule has 0 amide bonds. The van der Waals surface area contributed by atoms with Crippen molar-refractivity contribution in [1.82, 2.24) is 0 Å². The maximum atomic E-state index is 9.25. The molecule has 1 saturated heterocycles. The van der Waals surface area contributed by atoms with Gasteiger partial charge in [-0.3, -0.25) is 0 Å². The van der Waals surface area contributed by atoms with Crippen LogP contribution in [0.25, 0.3) is 0 Å². The van der Waals surface area contributed by atoms with Crippen LogP contribution in [0, 0.1) is 17.2 Å². The topological polar surface area (TPSA) is 53.0 Å². The van der Waals surface area contributed by atoms with Crippen LogP contribution in [-0.2, 0) is 0 Å². The fourth-order valence-electron chi connectivity index (χ4n) is 2.88. The number of nitrogens with zero attached hydrogens (tertiary/aromatic N) is 2. The molecule has 1 fully saturated rings. The van der Waals surface area contributed by atoms with E-state index in [1.807, 2.05) is 6.07 Å². The summed E-state index contributed by atoms with van der Waals surface area (Å²) in [5, 5.41) is 9.91. The zero-order valence-corrected chi connectivity index (χ0v) is 12.0. The van der Waals surface area contributed by atoms with Gasteiger partial charge >= 0.3 is 0 Å². The number of hydrogen-bond acceptors (Lipinski definition) is 3. The molecule has 3 nitrogen and oxygen atoms in total.